The first-order chi connectivity index (χ1) is 11.7. The van der Waals surface area contributed by atoms with Gasteiger partial charge in [0.25, 0.3) is 0 Å². The third-order valence-corrected chi connectivity index (χ3v) is 6.36. The Morgan fingerprint density at radius 2 is 1.68 bits per heavy atom. The molecule has 1 aromatic rings. The highest BCUT2D eigenvalue weighted by Gasteiger charge is 2.52. The van der Waals surface area contributed by atoms with E-state index in [0.29, 0.717) is 12.1 Å². The number of aromatic nitrogens is 2. The largest absolute Gasteiger partial charge is 0.498 e. The number of hydrogen-bond donors (Lipinski definition) is 0. The summed E-state index contributed by atoms with van der Waals surface area (Å²) in [6.07, 6.45) is 9.12. The van der Waals surface area contributed by atoms with Crippen molar-refractivity contribution in [2.24, 2.45) is 0 Å². The maximum Gasteiger partial charge on any atom is 0.498 e. The molecule has 0 bridgehead atoms. The molecule has 2 fully saturated rings. The Balaban J connectivity index is 1.53. The van der Waals surface area contributed by atoms with Crippen molar-refractivity contribution in [1.29, 1.82) is 0 Å². The predicted molar refractivity (Wildman–Crippen MR) is 102 cm³/mol. The van der Waals surface area contributed by atoms with Crippen LogP contribution in [0.15, 0.2) is 12.4 Å². The van der Waals surface area contributed by atoms with Gasteiger partial charge in [0.2, 0.25) is 0 Å². The van der Waals surface area contributed by atoms with E-state index in [-0.39, 0.29) is 18.3 Å². The topological polar surface area (TPSA) is 39.5 Å². The Morgan fingerprint density at radius 1 is 1.08 bits per heavy atom. The molecule has 140 valence electrons. The Kier molecular flexibility index (Phi) is 5.34. The van der Waals surface area contributed by atoms with Gasteiger partial charge in [-0.3, -0.25) is 9.58 Å². The van der Waals surface area contributed by atoms with Crippen LogP contribution < -0.4 is 5.46 Å². The SMILES string of the molecule is C[C@@H]1CCC[C@H](C)N1CCCn1cc(B2OC(C)(C)C(C)(C)O2)cn1. The molecule has 5 nitrogen and oxygen atoms in total. The smallest absolute Gasteiger partial charge is 0.399 e. The van der Waals surface area contributed by atoms with Crippen molar-refractivity contribution in [3.63, 3.8) is 0 Å². The Labute approximate surface area is 153 Å². The van der Waals surface area contributed by atoms with Crippen LogP contribution in [0.2, 0.25) is 0 Å². The fourth-order valence-electron chi connectivity index (χ4n) is 3.93. The fraction of sp³-hybridized carbons (Fsp3) is 0.842. The fourth-order valence-corrected chi connectivity index (χ4v) is 3.93. The van der Waals surface area contributed by atoms with Crippen LogP contribution in [0, 0.1) is 0 Å². The first-order valence-electron chi connectivity index (χ1n) is 9.83. The van der Waals surface area contributed by atoms with Crippen LogP contribution in [0.5, 0.6) is 0 Å². The van der Waals surface area contributed by atoms with Crippen molar-refractivity contribution < 1.29 is 9.31 Å². The summed E-state index contributed by atoms with van der Waals surface area (Å²) in [5, 5.41) is 4.52. The van der Waals surface area contributed by atoms with E-state index in [9.17, 15) is 0 Å². The molecule has 25 heavy (non-hydrogen) atoms. The third kappa shape index (κ3) is 3.96. The monoisotopic (exact) mass is 347 g/mol. The van der Waals surface area contributed by atoms with Gasteiger partial charge in [-0.2, -0.15) is 5.10 Å². The lowest BCUT2D eigenvalue weighted by atomic mass is 9.82. The minimum atomic E-state index is -0.319. The van der Waals surface area contributed by atoms with Gasteiger partial charge in [0.05, 0.1) is 11.2 Å². The summed E-state index contributed by atoms with van der Waals surface area (Å²) in [6.45, 7) is 15.1. The summed E-state index contributed by atoms with van der Waals surface area (Å²) in [5.41, 5.74) is 0.402. The van der Waals surface area contributed by atoms with E-state index in [0.717, 1.165) is 25.0 Å². The molecule has 0 aliphatic carbocycles. The summed E-state index contributed by atoms with van der Waals surface area (Å²) in [7, 11) is -0.319. The Bertz CT molecular complexity index is 561. The third-order valence-electron chi connectivity index (χ3n) is 6.36. The van der Waals surface area contributed by atoms with Crippen molar-refractivity contribution in [2.75, 3.05) is 6.54 Å². The van der Waals surface area contributed by atoms with Crippen molar-refractivity contribution in [3.8, 4) is 0 Å². The van der Waals surface area contributed by atoms with Gasteiger partial charge in [-0.15, -0.1) is 0 Å². The van der Waals surface area contributed by atoms with Gasteiger partial charge >= 0.3 is 7.12 Å². The molecule has 2 aliphatic heterocycles. The van der Waals surface area contributed by atoms with E-state index in [4.69, 9.17) is 9.31 Å². The van der Waals surface area contributed by atoms with E-state index in [2.05, 4.69) is 57.7 Å². The van der Waals surface area contributed by atoms with Crippen LogP contribution in [0.25, 0.3) is 0 Å². The quantitative estimate of drug-likeness (QED) is 0.768. The second-order valence-corrected chi connectivity index (χ2v) is 8.85. The van der Waals surface area contributed by atoms with E-state index >= 15 is 0 Å². The van der Waals surface area contributed by atoms with E-state index in [1.54, 1.807) is 0 Å². The van der Waals surface area contributed by atoms with Crippen LogP contribution >= 0.6 is 0 Å². The maximum absolute atomic E-state index is 6.11. The molecule has 0 N–H and O–H groups in total. The zero-order chi connectivity index (χ0) is 18.2. The number of nitrogens with zero attached hydrogens (tertiary/aromatic N) is 3. The summed E-state index contributed by atoms with van der Waals surface area (Å²) >= 11 is 0. The van der Waals surface area contributed by atoms with E-state index in [1.165, 1.54) is 19.3 Å². The molecule has 0 aromatic carbocycles. The molecule has 2 saturated heterocycles. The molecule has 0 saturated carbocycles. The molecule has 0 amide bonds. The first kappa shape index (κ1) is 18.9. The minimum Gasteiger partial charge on any atom is -0.399 e. The molecule has 2 aliphatic rings. The molecule has 1 aromatic heterocycles. The van der Waals surface area contributed by atoms with Crippen LogP contribution in [-0.2, 0) is 15.9 Å². The molecule has 6 heteroatoms. The highest BCUT2D eigenvalue weighted by molar-refractivity contribution is 6.61. The highest BCUT2D eigenvalue weighted by Crippen LogP contribution is 2.36. The lowest BCUT2D eigenvalue weighted by Gasteiger charge is -2.39. The van der Waals surface area contributed by atoms with Crippen molar-refractivity contribution in [1.82, 2.24) is 14.7 Å². The van der Waals surface area contributed by atoms with Crippen LogP contribution in [0.1, 0.15) is 67.2 Å². The summed E-state index contributed by atoms with van der Waals surface area (Å²) in [4.78, 5) is 2.65. The number of rotatable bonds is 5. The van der Waals surface area contributed by atoms with Gasteiger partial charge in [0.15, 0.2) is 0 Å². The van der Waals surface area contributed by atoms with Gasteiger partial charge in [-0.25, -0.2) is 0 Å². The molecule has 0 radical (unpaired) electrons. The minimum absolute atomic E-state index is 0.305. The standard InChI is InChI=1S/C19H34BN3O2/c1-15-9-7-10-16(2)23(15)12-8-11-22-14-17(13-21-22)20-24-18(3,4)19(5,6)25-20/h13-16H,7-12H2,1-6H3/t15-,16+. The molecule has 2 atom stereocenters. The van der Waals surface area contributed by atoms with Gasteiger partial charge in [0.1, 0.15) is 0 Å². The Morgan fingerprint density at radius 3 is 2.28 bits per heavy atom. The zero-order valence-electron chi connectivity index (χ0n) is 16.8. The number of aryl methyl sites for hydroxylation is 1. The van der Waals surface area contributed by atoms with Crippen molar-refractivity contribution in [2.45, 2.75) is 97.1 Å². The maximum atomic E-state index is 6.11. The second kappa shape index (κ2) is 7.05. The zero-order valence-corrected chi connectivity index (χ0v) is 16.8. The molecule has 0 spiro atoms. The lowest BCUT2D eigenvalue weighted by molar-refractivity contribution is 0.00578. The second-order valence-electron chi connectivity index (χ2n) is 8.85. The van der Waals surface area contributed by atoms with E-state index in [1.807, 2.05) is 10.9 Å². The lowest BCUT2D eigenvalue weighted by Crippen LogP contribution is -2.44. The molecular formula is C19H34BN3O2. The van der Waals surface area contributed by atoms with Gasteiger partial charge in [-0.1, -0.05) is 6.42 Å². The summed E-state index contributed by atoms with van der Waals surface area (Å²) in [6, 6.07) is 1.42. The summed E-state index contributed by atoms with van der Waals surface area (Å²) < 4.78 is 14.2. The summed E-state index contributed by atoms with van der Waals surface area (Å²) in [5.74, 6) is 0. The van der Waals surface area contributed by atoms with Crippen molar-refractivity contribution in [3.05, 3.63) is 12.4 Å². The van der Waals surface area contributed by atoms with Crippen LogP contribution in [-0.4, -0.2) is 51.6 Å². The molecule has 3 heterocycles. The number of hydrogen-bond acceptors (Lipinski definition) is 4. The molecule has 3 rings (SSSR count). The first-order valence-corrected chi connectivity index (χ1v) is 9.83. The van der Waals surface area contributed by atoms with Gasteiger partial charge in [-0.05, 0) is 60.8 Å². The van der Waals surface area contributed by atoms with Crippen LogP contribution in [0.3, 0.4) is 0 Å². The Hall–Kier alpha value is -0.845. The molecule has 0 unspecified atom stereocenters. The number of piperidine rings is 1. The predicted octanol–water partition coefficient (Wildman–Crippen LogP) is 2.84. The highest BCUT2D eigenvalue weighted by atomic mass is 16.7. The van der Waals surface area contributed by atoms with Gasteiger partial charge in [0, 0.05) is 43.0 Å². The average Bonchev–Trinajstić information content (AvgIpc) is 3.05. The molecular weight excluding hydrogens is 313 g/mol. The van der Waals surface area contributed by atoms with Gasteiger partial charge < -0.3 is 9.31 Å². The van der Waals surface area contributed by atoms with Crippen molar-refractivity contribution >= 4 is 12.6 Å². The average molecular weight is 347 g/mol. The van der Waals surface area contributed by atoms with Crippen LogP contribution in [0.4, 0.5) is 0 Å². The number of likely N-dealkylation sites (tertiary alicyclic amines) is 1. The van der Waals surface area contributed by atoms with E-state index < -0.39 is 0 Å². The normalized spacial score (nSPS) is 29.3.